The third-order valence-corrected chi connectivity index (χ3v) is 3.20. The first-order valence-corrected chi connectivity index (χ1v) is 6.25. The first-order valence-electron chi connectivity index (χ1n) is 5.88. The summed E-state index contributed by atoms with van der Waals surface area (Å²) >= 11 is 6.11. The van der Waals surface area contributed by atoms with Crippen LogP contribution in [0.15, 0.2) is 30.6 Å². The molecule has 1 N–H and O–H groups in total. The summed E-state index contributed by atoms with van der Waals surface area (Å²) < 4.78 is 5.00. The van der Waals surface area contributed by atoms with Crippen molar-refractivity contribution >= 4 is 11.6 Å². The van der Waals surface area contributed by atoms with E-state index >= 15 is 0 Å². The van der Waals surface area contributed by atoms with Crippen LogP contribution in [0.1, 0.15) is 17.3 Å². The Morgan fingerprint density at radius 1 is 1.32 bits per heavy atom. The molecule has 2 aromatic heterocycles. The van der Waals surface area contributed by atoms with E-state index in [2.05, 4.69) is 20.5 Å². The summed E-state index contributed by atoms with van der Waals surface area (Å²) in [5, 5.41) is 12.0. The van der Waals surface area contributed by atoms with Crippen molar-refractivity contribution in [3.63, 3.8) is 0 Å². The third kappa shape index (κ3) is 3.39. The van der Waals surface area contributed by atoms with E-state index in [1.54, 1.807) is 25.6 Å². The standard InChI is InChI=1S/C13H15ClN4O/c1-15-12(7-9-5-6-16-8-10(9)14)11-3-4-13(19-2)18-17-11/h3-6,8,12,15H,7H2,1-2H3. The molecule has 0 aliphatic rings. The number of halogens is 1. The van der Waals surface area contributed by atoms with Crippen molar-refractivity contribution in [2.75, 3.05) is 14.2 Å². The molecule has 0 saturated heterocycles. The molecule has 0 bridgehead atoms. The number of hydrogen-bond donors (Lipinski definition) is 1. The normalized spacial score (nSPS) is 12.2. The average Bonchev–Trinajstić information content (AvgIpc) is 2.47. The average molecular weight is 279 g/mol. The van der Waals surface area contributed by atoms with Gasteiger partial charge in [0, 0.05) is 18.5 Å². The van der Waals surface area contributed by atoms with Crippen molar-refractivity contribution in [2.45, 2.75) is 12.5 Å². The highest BCUT2D eigenvalue weighted by atomic mass is 35.5. The van der Waals surface area contributed by atoms with Crippen LogP contribution in [-0.4, -0.2) is 29.3 Å². The zero-order chi connectivity index (χ0) is 13.7. The molecule has 0 aliphatic carbocycles. The Balaban J connectivity index is 2.17. The molecule has 0 fully saturated rings. The van der Waals surface area contributed by atoms with Gasteiger partial charge in [0.1, 0.15) is 0 Å². The van der Waals surface area contributed by atoms with Crippen molar-refractivity contribution in [1.29, 1.82) is 0 Å². The van der Waals surface area contributed by atoms with Crippen LogP contribution in [0, 0.1) is 0 Å². The minimum Gasteiger partial charge on any atom is -0.480 e. The molecule has 0 aliphatic heterocycles. The van der Waals surface area contributed by atoms with Crippen molar-refractivity contribution in [3.8, 4) is 5.88 Å². The Labute approximate surface area is 117 Å². The molecule has 0 radical (unpaired) electrons. The summed E-state index contributed by atoms with van der Waals surface area (Å²) in [6, 6.07) is 5.63. The van der Waals surface area contributed by atoms with Gasteiger partial charge in [0.15, 0.2) is 0 Å². The fraction of sp³-hybridized carbons (Fsp3) is 0.308. The topological polar surface area (TPSA) is 59.9 Å². The Hall–Kier alpha value is -1.72. The summed E-state index contributed by atoms with van der Waals surface area (Å²) in [7, 11) is 3.45. The molecule has 0 spiro atoms. The van der Waals surface area contributed by atoms with Crippen LogP contribution in [0.25, 0.3) is 0 Å². The van der Waals surface area contributed by atoms with Crippen LogP contribution in [0.4, 0.5) is 0 Å². The Morgan fingerprint density at radius 2 is 2.16 bits per heavy atom. The fourth-order valence-corrected chi connectivity index (χ4v) is 1.97. The van der Waals surface area contributed by atoms with Crippen molar-refractivity contribution < 1.29 is 4.74 Å². The maximum Gasteiger partial charge on any atom is 0.233 e. The molecule has 6 heteroatoms. The monoisotopic (exact) mass is 278 g/mol. The molecule has 100 valence electrons. The van der Waals surface area contributed by atoms with Gasteiger partial charge in [-0.25, -0.2) is 0 Å². The highest BCUT2D eigenvalue weighted by Crippen LogP contribution is 2.21. The van der Waals surface area contributed by atoms with E-state index < -0.39 is 0 Å². The van der Waals surface area contributed by atoms with E-state index in [4.69, 9.17) is 16.3 Å². The van der Waals surface area contributed by atoms with Crippen LogP contribution < -0.4 is 10.1 Å². The predicted octanol–water partition coefficient (Wildman–Crippen LogP) is 2.04. The molecule has 2 rings (SSSR count). The van der Waals surface area contributed by atoms with Gasteiger partial charge in [-0.1, -0.05) is 11.6 Å². The second kappa shape index (κ2) is 6.45. The Morgan fingerprint density at radius 3 is 2.74 bits per heavy atom. The highest BCUT2D eigenvalue weighted by Gasteiger charge is 2.14. The number of hydrogen-bond acceptors (Lipinski definition) is 5. The fourth-order valence-electron chi connectivity index (χ4n) is 1.77. The van der Waals surface area contributed by atoms with Crippen molar-refractivity contribution in [2.24, 2.45) is 0 Å². The molecule has 0 aromatic carbocycles. The lowest BCUT2D eigenvalue weighted by molar-refractivity contribution is 0.389. The Kier molecular flexibility index (Phi) is 4.65. The Bertz CT molecular complexity index is 532. The summed E-state index contributed by atoms with van der Waals surface area (Å²) in [6.45, 7) is 0. The molecule has 2 aromatic rings. The highest BCUT2D eigenvalue weighted by molar-refractivity contribution is 6.31. The molecule has 0 amide bonds. The van der Waals surface area contributed by atoms with Gasteiger partial charge in [0.25, 0.3) is 0 Å². The summed E-state index contributed by atoms with van der Waals surface area (Å²) in [4.78, 5) is 3.98. The zero-order valence-electron chi connectivity index (χ0n) is 10.8. The zero-order valence-corrected chi connectivity index (χ0v) is 11.6. The van der Waals surface area contributed by atoms with Gasteiger partial charge in [-0.3, -0.25) is 4.98 Å². The first-order chi connectivity index (χ1) is 9.24. The van der Waals surface area contributed by atoms with Gasteiger partial charge in [-0.05, 0) is 31.2 Å². The van der Waals surface area contributed by atoms with E-state index in [1.165, 1.54) is 0 Å². The second-order valence-corrected chi connectivity index (χ2v) is 4.42. The minimum absolute atomic E-state index is 0.0401. The summed E-state index contributed by atoms with van der Waals surface area (Å²) in [6.07, 6.45) is 4.09. The van der Waals surface area contributed by atoms with Crippen LogP contribution >= 0.6 is 11.6 Å². The van der Waals surface area contributed by atoms with Crippen LogP contribution in [0.2, 0.25) is 5.02 Å². The van der Waals surface area contributed by atoms with Gasteiger partial charge in [0.05, 0.1) is 23.9 Å². The molecular formula is C13H15ClN4O. The van der Waals surface area contributed by atoms with E-state index in [-0.39, 0.29) is 6.04 Å². The van der Waals surface area contributed by atoms with E-state index in [1.807, 2.05) is 19.2 Å². The van der Waals surface area contributed by atoms with Crippen molar-refractivity contribution in [1.82, 2.24) is 20.5 Å². The van der Waals surface area contributed by atoms with E-state index in [9.17, 15) is 0 Å². The summed E-state index contributed by atoms with van der Waals surface area (Å²) in [5.41, 5.74) is 1.87. The van der Waals surface area contributed by atoms with Gasteiger partial charge in [0.2, 0.25) is 5.88 Å². The minimum atomic E-state index is 0.0401. The lowest BCUT2D eigenvalue weighted by atomic mass is 10.0. The maximum absolute atomic E-state index is 6.11. The quantitative estimate of drug-likeness (QED) is 0.907. The summed E-state index contributed by atoms with van der Waals surface area (Å²) in [5.74, 6) is 0.501. The van der Waals surface area contributed by atoms with Gasteiger partial charge in [-0.2, -0.15) is 5.10 Å². The molecule has 5 nitrogen and oxygen atoms in total. The number of ether oxygens (including phenoxy) is 1. The number of rotatable bonds is 5. The van der Waals surface area contributed by atoms with Gasteiger partial charge >= 0.3 is 0 Å². The second-order valence-electron chi connectivity index (χ2n) is 4.01. The lowest BCUT2D eigenvalue weighted by Gasteiger charge is -2.15. The number of pyridine rings is 1. The molecule has 1 atom stereocenters. The largest absolute Gasteiger partial charge is 0.480 e. The lowest BCUT2D eigenvalue weighted by Crippen LogP contribution is -2.20. The number of aromatic nitrogens is 3. The SMILES string of the molecule is CNC(Cc1ccncc1Cl)c1ccc(OC)nn1. The smallest absolute Gasteiger partial charge is 0.233 e. The van der Waals surface area contributed by atoms with E-state index in [0.717, 1.165) is 17.7 Å². The number of methoxy groups -OCH3 is 1. The maximum atomic E-state index is 6.11. The van der Waals surface area contributed by atoms with Gasteiger partial charge < -0.3 is 10.1 Å². The van der Waals surface area contributed by atoms with E-state index in [0.29, 0.717) is 10.9 Å². The van der Waals surface area contributed by atoms with Gasteiger partial charge in [-0.15, -0.1) is 5.10 Å². The third-order valence-electron chi connectivity index (χ3n) is 2.86. The molecule has 0 saturated carbocycles. The number of likely N-dealkylation sites (N-methyl/N-ethyl adjacent to an activating group) is 1. The molecular weight excluding hydrogens is 264 g/mol. The molecule has 2 heterocycles. The first kappa shape index (κ1) is 13.7. The number of nitrogens with zero attached hydrogens (tertiary/aromatic N) is 3. The number of nitrogens with one attached hydrogen (secondary N) is 1. The predicted molar refractivity (Wildman–Crippen MR) is 73.3 cm³/mol. The van der Waals surface area contributed by atoms with Crippen molar-refractivity contribution in [3.05, 3.63) is 46.9 Å². The van der Waals surface area contributed by atoms with Crippen LogP contribution in [0.5, 0.6) is 5.88 Å². The molecule has 19 heavy (non-hydrogen) atoms. The van der Waals surface area contributed by atoms with Crippen LogP contribution in [0.3, 0.4) is 0 Å². The van der Waals surface area contributed by atoms with Crippen LogP contribution in [-0.2, 0) is 6.42 Å². The molecule has 1 unspecified atom stereocenters.